The van der Waals surface area contributed by atoms with Crippen LogP contribution in [-0.4, -0.2) is 23.0 Å². The van der Waals surface area contributed by atoms with Crippen LogP contribution < -0.4 is 10.1 Å². The Kier molecular flexibility index (Phi) is 4.94. The third-order valence-electron chi connectivity index (χ3n) is 4.29. The molecule has 0 aliphatic carbocycles. The third kappa shape index (κ3) is 3.54. The highest BCUT2D eigenvalue weighted by molar-refractivity contribution is 6.34. The fourth-order valence-corrected chi connectivity index (χ4v) is 3.28. The summed E-state index contributed by atoms with van der Waals surface area (Å²) in [5.41, 5.74) is 3.49. The molecule has 28 heavy (non-hydrogen) atoms. The van der Waals surface area contributed by atoms with Crippen LogP contribution in [0, 0.1) is 0 Å². The minimum Gasteiger partial charge on any atom is -0.495 e. The van der Waals surface area contributed by atoms with Gasteiger partial charge in [-0.1, -0.05) is 35.3 Å². The Hall–Kier alpha value is -3.02. The highest BCUT2D eigenvalue weighted by Gasteiger charge is 2.13. The number of benzene rings is 3. The Morgan fingerprint density at radius 1 is 1.04 bits per heavy atom. The molecule has 1 aromatic heterocycles. The SMILES string of the molecule is COc1ccc(C(=O)Nc2cc(-c3nc4ccccc4[nH]3)ccc2Cl)cc1Cl. The number of hydrogen-bond acceptors (Lipinski definition) is 3. The summed E-state index contributed by atoms with van der Waals surface area (Å²) in [6.45, 7) is 0. The minimum atomic E-state index is -0.326. The number of carbonyl (C=O) groups is 1. The summed E-state index contributed by atoms with van der Waals surface area (Å²) in [7, 11) is 1.52. The molecular formula is C21H15Cl2N3O2. The van der Waals surface area contributed by atoms with Gasteiger partial charge in [-0.2, -0.15) is 0 Å². The average Bonchev–Trinajstić information content (AvgIpc) is 3.13. The van der Waals surface area contributed by atoms with Gasteiger partial charge in [0.25, 0.3) is 5.91 Å². The van der Waals surface area contributed by atoms with Gasteiger partial charge in [0, 0.05) is 11.1 Å². The van der Waals surface area contributed by atoms with E-state index in [0.717, 1.165) is 16.6 Å². The minimum absolute atomic E-state index is 0.326. The highest BCUT2D eigenvalue weighted by Crippen LogP contribution is 2.30. The number of H-pyrrole nitrogens is 1. The van der Waals surface area contributed by atoms with Gasteiger partial charge in [0.2, 0.25) is 0 Å². The van der Waals surface area contributed by atoms with Gasteiger partial charge in [0.05, 0.1) is 33.9 Å². The Balaban J connectivity index is 1.63. The largest absolute Gasteiger partial charge is 0.495 e. The summed E-state index contributed by atoms with van der Waals surface area (Å²) in [5.74, 6) is 0.872. The van der Waals surface area contributed by atoms with Gasteiger partial charge in [-0.15, -0.1) is 0 Å². The van der Waals surface area contributed by atoms with Crippen molar-refractivity contribution in [2.45, 2.75) is 0 Å². The van der Waals surface area contributed by atoms with Crippen molar-refractivity contribution in [3.8, 4) is 17.1 Å². The molecule has 0 unspecified atom stereocenters. The van der Waals surface area contributed by atoms with Gasteiger partial charge < -0.3 is 15.0 Å². The van der Waals surface area contributed by atoms with Gasteiger partial charge >= 0.3 is 0 Å². The second-order valence-electron chi connectivity index (χ2n) is 6.10. The summed E-state index contributed by atoms with van der Waals surface area (Å²) in [4.78, 5) is 20.5. The zero-order chi connectivity index (χ0) is 19.7. The molecule has 0 aliphatic rings. The maximum absolute atomic E-state index is 12.6. The van der Waals surface area contributed by atoms with E-state index < -0.39 is 0 Å². The summed E-state index contributed by atoms with van der Waals surface area (Å²) in [6, 6.07) is 17.9. The molecule has 4 aromatic rings. The molecule has 0 atom stereocenters. The Morgan fingerprint density at radius 2 is 1.86 bits per heavy atom. The monoisotopic (exact) mass is 411 g/mol. The number of anilines is 1. The number of para-hydroxylation sites is 2. The lowest BCUT2D eigenvalue weighted by atomic mass is 10.1. The van der Waals surface area contributed by atoms with Crippen molar-refractivity contribution in [3.05, 3.63) is 76.3 Å². The lowest BCUT2D eigenvalue weighted by Gasteiger charge is -2.10. The fourth-order valence-electron chi connectivity index (χ4n) is 2.86. The van der Waals surface area contributed by atoms with E-state index in [0.29, 0.717) is 32.9 Å². The molecule has 4 rings (SSSR count). The number of halogens is 2. The number of aromatic nitrogens is 2. The van der Waals surface area contributed by atoms with Gasteiger partial charge in [-0.25, -0.2) is 4.98 Å². The van der Waals surface area contributed by atoms with E-state index in [1.807, 2.05) is 30.3 Å². The van der Waals surface area contributed by atoms with Gasteiger partial charge in [-0.3, -0.25) is 4.79 Å². The number of methoxy groups -OCH3 is 1. The van der Waals surface area contributed by atoms with Crippen molar-refractivity contribution in [2.75, 3.05) is 12.4 Å². The molecule has 1 heterocycles. The van der Waals surface area contributed by atoms with Gasteiger partial charge in [-0.05, 0) is 48.5 Å². The average molecular weight is 412 g/mol. The van der Waals surface area contributed by atoms with Gasteiger partial charge in [0.1, 0.15) is 11.6 Å². The smallest absolute Gasteiger partial charge is 0.255 e. The van der Waals surface area contributed by atoms with E-state index in [1.165, 1.54) is 7.11 Å². The van der Waals surface area contributed by atoms with Crippen molar-refractivity contribution < 1.29 is 9.53 Å². The number of ether oxygens (including phenoxy) is 1. The zero-order valence-electron chi connectivity index (χ0n) is 14.8. The predicted molar refractivity (Wildman–Crippen MR) is 112 cm³/mol. The van der Waals surface area contributed by atoms with Crippen LogP contribution in [0.5, 0.6) is 5.75 Å². The molecule has 0 spiro atoms. The number of hydrogen-bond donors (Lipinski definition) is 2. The van der Waals surface area contributed by atoms with E-state index in [2.05, 4.69) is 15.3 Å². The van der Waals surface area contributed by atoms with Crippen LogP contribution in [0.25, 0.3) is 22.4 Å². The van der Waals surface area contributed by atoms with Crippen molar-refractivity contribution in [3.63, 3.8) is 0 Å². The van der Waals surface area contributed by atoms with E-state index in [-0.39, 0.29) is 5.91 Å². The lowest BCUT2D eigenvalue weighted by Crippen LogP contribution is -2.12. The topological polar surface area (TPSA) is 67.0 Å². The molecule has 0 saturated carbocycles. The second kappa shape index (κ2) is 7.54. The summed E-state index contributed by atoms with van der Waals surface area (Å²) in [6.07, 6.45) is 0. The fraction of sp³-hybridized carbons (Fsp3) is 0.0476. The highest BCUT2D eigenvalue weighted by atomic mass is 35.5. The van der Waals surface area contributed by atoms with Crippen molar-refractivity contribution in [2.24, 2.45) is 0 Å². The molecule has 2 N–H and O–H groups in total. The van der Waals surface area contributed by atoms with E-state index in [9.17, 15) is 4.79 Å². The molecule has 7 heteroatoms. The first kappa shape index (κ1) is 18.3. The molecule has 0 radical (unpaired) electrons. The van der Waals surface area contributed by atoms with Crippen LogP contribution in [0.2, 0.25) is 10.0 Å². The van der Waals surface area contributed by atoms with Crippen molar-refractivity contribution in [1.82, 2.24) is 9.97 Å². The van der Waals surface area contributed by atoms with Crippen LogP contribution in [0.4, 0.5) is 5.69 Å². The molecule has 0 fully saturated rings. The van der Waals surface area contributed by atoms with E-state index >= 15 is 0 Å². The molecule has 1 amide bonds. The number of carbonyl (C=O) groups excluding carboxylic acids is 1. The number of amides is 1. The summed E-state index contributed by atoms with van der Waals surface area (Å²) in [5, 5.41) is 3.61. The number of fused-ring (bicyclic) bond motifs is 1. The first-order valence-corrected chi connectivity index (χ1v) is 9.20. The molecule has 3 aromatic carbocycles. The number of imidazole rings is 1. The standard InChI is InChI=1S/C21H15Cl2N3O2/c1-28-19-9-7-13(10-15(19)23)21(27)26-18-11-12(6-8-14(18)22)20-24-16-4-2-3-5-17(16)25-20/h2-11H,1H3,(H,24,25)(H,26,27). The van der Waals surface area contributed by atoms with E-state index in [4.69, 9.17) is 27.9 Å². The molecule has 5 nitrogen and oxygen atoms in total. The van der Waals surface area contributed by atoms with Crippen molar-refractivity contribution >= 4 is 45.8 Å². The molecular weight excluding hydrogens is 397 g/mol. The lowest BCUT2D eigenvalue weighted by molar-refractivity contribution is 0.102. The second-order valence-corrected chi connectivity index (χ2v) is 6.92. The Labute approximate surface area is 171 Å². The predicted octanol–water partition coefficient (Wildman–Crippen LogP) is 5.80. The van der Waals surface area contributed by atoms with E-state index in [1.54, 1.807) is 30.3 Å². The van der Waals surface area contributed by atoms with Crippen molar-refractivity contribution in [1.29, 1.82) is 0 Å². The molecule has 0 saturated heterocycles. The van der Waals surface area contributed by atoms with Crippen LogP contribution in [0.3, 0.4) is 0 Å². The number of nitrogens with one attached hydrogen (secondary N) is 2. The first-order chi connectivity index (χ1) is 13.5. The quantitative estimate of drug-likeness (QED) is 0.445. The number of aromatic amines is 1. The summed E-state index contributed by atoms with van der Waals surface area (Å²) < 4.78 is 5.11. The maximum Gasteiger partial charge on any atom is 0.255 e. The molecule has 0 aliphatic heterocycles. The van der Waals surface area contributed by atoms with Crippen LogP contribution in [0.1, 0.15) is 10.4 Å². The third-order valence-corrected chi connectivity index (χ3v) is 4.92. The summed E-state index contributed by atoms with van der Waals surface area (Å²) >= 11 is 12.4. The number of rotatable bonds is 4. The first-order valence-electron chi connectivity index (χ1n) is 8.45. The van der Waals surface area contributed by atoms with Crippen LogP contribution >= 0.6 is 23.2 Å². The maximum atomic E-state index is 12.6. The Bertz CT molecular complexity index is 1150. The molecule has 0 bridgehead atoms. The van der Waals surface area contributed by atoms with Gasteiger partial charge in [0.15, 0.2) is 0 Å². The zero-order valence-corrected chi connectivity index (χ0v) is 16.3. The van der Waals surface area contributed by atoms with Crippen LogP contribution in [-0.2, 0) is 0 Å². The molecule has 140 valence electrons. The normalized spacial score (nSPS) is 10.8. The van der Waals surface area contributed by atoms with Crippen LogP contribution in [0.15, 0.2) is 60.7 Å². The Morgan fingerprint density at radius 3 is 2.61 bits per heavy atom. The number of nitrogens with zero attached hydrogens (tertiary/aromatic N) is 1.